The van der Waals surface area contributed by atoms with Gasteiger partial charge in [0.05, 0.1) is 12.0 Å². The molecule has 0 heterocycles. The van der Waals surface area contributed by atoms with Crippen molar-refractivity contribution in [2.45, 2.75) is 40.0 Å². The standard InChI is InChI=1S/C19H23ClO/c1-6-21-17-10-8-7-9-16(17)19(20)18-14(4)12(2)11-13(3)15(18)5/h7-11,19H,6H2,1-5H3. The number of benzene rings is 2. The minimum atomic E-state index is -0.189. The Labute approximate surface area is 132 Å². The molecule has 0 fully saturated rings. The predicted octanol–water partition coefficient (Wildman–Crippen LogP) is 5.65. The molecule has 1 unspecified atom stereocenters. The highest BCUT2D eigenvalue weighted by atomic mass is 35.5. The maximum absolute atomic E-state index is 6.85. The Morgan fingerprint density at radius 2 is 1.57 bits per heavy atom. The number of hydrogen-bond acceptors (Lipinski definition) is 1. The van der Waals surface area contributed by atoms with Crippen molar-refractivity contribution in [3.63, 3.8) is 0 Å². The predicted molar refractivity (Wildman–Crippen MR) is 90.7 cm³/mol. The molecule has 21 heavy (non-hydrogen) atoms. The van der Waals surface area contributed by atoms with Gasteiger partial charge in [-0.3, -0.25) is 0 Å². The van der Waals surface area contributed by atoms with Crippen LogP contribution in [0.3, 0.4) is 0 Å². The van der Waals surface area contributed by atoms with E-state index >= 15 is 0 Å². The molecule has 2 heteroatoms. The lowest BCUT2D eigenvalue weighted by Crippen LogP contribution is -2.05. The van der Waals surface area contributed by atoms with Gasteiger partial charge in [0.15, 0.2) is 0 Å². The van der Waals surface area contributed by atoms with E-state index in [0.29, 0.717) is 6.61 Å². The summed E-state index contributed by atoms with van der Waals surface area (Å²) in [5, 5.41) is -0.189. The largest absolute Gasteiger partial charge is 0.494 e. The topological polar surface area (TPSA) is 9.23 Å². The van der Waals surface area contributed by atoms with Crippen LogP contribution in [0.5, 0.6) is 5.75 Å². The summed E-state index contributed by atoms with van der Waals surface area (Å²) in [6.07, 6.45) is 0. The molecule has 0 aromatic heterocycles. The Bertz CT molecular complexity index is 620. The molecule has 0 bridgehead atoms. The molecule has 1 atom stereocenters. The fraction of sp³-hybridized carbons (Fsp3) is 0.368. The highest BCUT2D eigenvalue weighted by molar-refractivity contribution is 6.23. The van der Waals surface area contributed by atoms with Gasteiger partial charge in [-0.1, -0.05) is 24.3 Å². The zero-order chi connectivity index (χ0) is 15.6. The van der Waals surface area contributed by atoms with E-state index in [4.69, 9.17) is 16.3 Å². The first-order chi connectivity index (χ1) is 9.97. The Morgan fingerprint density at radius 1 is 1.00 bits per heavy atom. The smallest absolute Gasteiger partial charge is 0.124 e. The average molecular weight is 303 g/mol. The number of rotatable bonds is 4. The third kappa shape index (κ3) is 3.08. The van der Waals surface area contributed by atoms with Gasteiger partial charge in [-0.05, 0) is 68.5 Å². The summed E-state index contributed by atoms with van der Waals surface area (Å²) in [6.45, 7) is 11.2. The van der Waals surface area contributed by atoms with Crippen LogP contribution in [-0.4, -0.2) is 6.61 Å². The van der Waals surface area contributed by atoms with E-state index < -0.39 is 0 Å². The summed E-state index contributed by atoms with van der Waals surface area (Å²) < 4.78 is 5.74. The second-order valence-electron chi connectivity index (χ2n) is 5.51. The quantitative estimate of drug-likeness (QED) is 0.663. The van der Waals surface area contributed by atoms with Crippen molar-refractivity contribution in [3.05, 3.63) is 63.7 Å². The number of aryl methyl sites for hydroxylation is 2. The molecule has 112 valence electrons. The van der Waals surface area contributed by atoms with Crippen molar-refractivity contribution >= 4 is 11.6 Å². The van der Waals surface area contributed by atoms with Crippen LogP contribution in [0.25, 0.3) is 0 Å². The van der Waals surface area contributed by atoms with Gasteiger partial charge in [-0.15, -0.1) is 11.6 Å². The third-order valence-electron chi connectivity index (χ3n) is 4.17. The second kappa shape index (κ2) is 6.53. The van der Waals surface area contributed by atoms with Crippen LogP contribution >= 0.6 is 11.6 Å². The fourth-order valence-electron chi connectivity index (χ4n) is 2.76. The van der Waals surface area contributed by atoms with E-state index in [2.05, 4.69) is 39.8 Å². The molecule has 0 aliphatic heterocycles. The van der Waals surface area contributed by atoms with Gasteiger partial charge in [0.1, 0.15) is 5.75 Å². The summed E-state index contributed by atoms with van der Waals surface area (Å²) >= 11 is 6.85. The molecule has 2 aromatic rings. The Kier molecular flexibility index (Phi) is 4.95. The minimum Gasteiger partial charge on any atom is -0.494 e. The second-order valence-corrected chi connectivity index (χ2v) is 5.94. The number of alkyl halides is 1. The fourth-order valence-corrected chi connectivity index (χ4v) is 3.27. The first kappa shape index (κ1) is 15.9. The normalized spacial score (nSPS) is 12.3. The molecule has 0 radical (unpaired) electrons. The van der Waals surface area contributed by atoms with Crippen molar-refractivity contribution in [3.8, 4) is 5.75 Å². The molecule has 0 saturated carbocycles. The third-order valence-corrected chi connectivity index (χ3v) is 4.62. The van der Waals surface area contributed by atoms with Gasteiger partial charge < -0.3 is 4.74 Å². The molecular weight excluding hydrogens is 280 g/mol. The molecule has 0 aliphatic rings. The monoisotopic (exact) mass is 302 g/mol. The highest BCUT2D eigenvalue weighted by Crippen LogP contribution is 2.39. The summed E-state index contributed by atoms with van der Waals surface area (Å²) in [7, 11) is 0. The molecule has 2 aromatic carbocycles. The van der Waals surface area contributed by atoms with Gasteiger partial charge in [-0.25, -0.2) is 0 Å². The van der Waals surface area contributed by atoms with E-state index in [1.165, 1.54) is 27.8 Å². The molecule has 0 spiro atoms. The zero-order valence-corrected chi connectivity index (χ0v) is 14.2. The van der Waals surface area contributed by atoms with E-state index in [-0.39, 0.29) is 5.38 Å². The van der Waals surface area contributed by atoms with Crippen molar-refractivity contribution < 1.29 is 4.74 Å². The first-order valence-electron chi connectivity index (χ1n) is 7.40. The summed E-state index contributed by atoms with van der Waals surface area (Å²) in [5.41, 5.74) is 7.35. The number of hydrogen-bond donors (Lipinski definition) is 0. The minimum absolute atomic E-state index is 0.189. The van der Waals surface area contributed by atoms with Gasteiger partial charge >= 0.3 is 0 Å². The first-order valence-corrected chi connectivity index (χ1v) is 7.84. The van der Waals surface area contributed by atoms with Crippen LogP contribution in [0.2, 0.25) is 0 Å². The molecule has 1 nitrogen and oxygen atoms in total. The summed E-state index contributed by atoms with van der Waals surface area (Å²) in [4.78, 5) is 0. The van der Waals surface area contributed by atoms with Crippen molar-refractivity contribution in [1.29, 1.82) is 0 Å². The Hall–Kier alpha value is -1.47. The molecule has 0 aliphatic carbocycles. The number of halogens is 1. The van der Waals surface area contributed by atoms with Crippen molar-refractivity contribution in [2.24, 2.45) is 0 Å². The SMILES string of the molecule is CCOc1ccccc1C(Cl)c1c(C)c(C)cc(C)c1C. The van der Waals surface area contributed by atoms with Crippen LogP contribution < -0.4 is 4.74 Å². The molecular formula is C19H23ClO. The molecule has 0 N–H and O–H groups in total. The molecule has 2 rings (SSSR count). The van der Waals surface area contributed by atoms with Gasteiger partial charge in [0.25, 0.3) is 0 Å². The van der Waals surface area contributed by atoms with E-state index in [9.17, 15) is 0 Å². The van der Waals surface area contributed by atoms with Crippen molar-refractivity contribution in [1.82, 2.24) is 0 Å². The maximum Gasteiger partial charge on any atom is 0.124 e. The number of ether oxygens (including phenoxy) is 1. The van der Waals surface area contributed by atoms with Crippen LogP contribution in [0.15, 0.2) is 30.3 Å². The van der Waals surface area contributed by atoms with Crippen LogP contribution in [0.1, 0.15) is 45.7 Å². The molecule has 0 amide bonds. The van der Waals surface area contributed by atoms with E-state index in [1.54, 1.807) is 0 Å². The van der Waals surface area contributed by atoms with Crippen LogP contribution in [0, 0.1) is 27.7 Å². The maximum atomic E-state index is 6.85. The zero-order valence-electron chi connectivity index (χ0n) is 13.5. The molecule has 0 saturated heterocycles. The lowest BCUT2D eigenvalue weighted by Gasteiger charge is -2.21. The van der Waals surface area contributed by atoms with Gasteiger partial charge in [0, 0.05) is 5.56 Å². The van der Waals surface area contributed by atoms with Gasteiger partial charge in [0.2, 0.25) is 0 Å². The summed E-state index contributed by atoms with van der Waals surface area (Å²) in [6, 6.07) is 10.3. The van der Waals surface area contributed by atoms with E-state index in [0.717, 1.165) is 11.3 Å². The van der Waals surface area contributed by atoms with Crippen LogP contribution in [0.4, 0.5) is 0 Å². The average Bonchev–Trinajstić information content (AvgIpc) is 2.46. The lowest BCUT2D eigenvalue weighted by molar-refractivity contribution is 0.337. The van der Waals surface area contributed by atoms with E-state index in [1.807, 2.05) is 25.1 Å². The van der Waals surface area contributed by atoms with Gasteiger partial charge in [-0.2, -0.15) is 0 Å². The highest BCUT2D eigenvalue weighted by Gasteiger charge is 2.21. The lowest BCUT2D eigenvalue weighted by atomic mass is 9.89. The number of para-hydroxylation sites is 1. The summed E-state index contributed by atoms with van der Waals surface area (Å²) in [5.74, 6) is 0.873. The Morgan fingerprint density at radius 3 is 2.14 bits per heavy atom. The van der Waals surface area contributed by atoms with Crippen molar-refractivity contribution in [2.75, 3.05) is 6.61 Å². The van der Waals surface area contributed by atoms with Crippen LogP contribution in [-0.2, 0) is 0 Å². The Balaban J connectivity index is 2.58.